The van der Waals surface area contributed by atoms with Gasteiger partial charge in [0.2, 0.25) is 0 Å². The number of carboxylic acid groups (broad SMARTS) is 1. The Morgan fingerprint density at radius 2 is 2.11 bits per heavy atom. The van der Waals surface area contributed by atoms with Crippen molar-refractivity contribution in [3.8, 4) is 0 Å². The van der Waals surface area contributed by atoms with Crippen molar-refractivity contribution in [2.75, 3.05) is 26.2 Å². The van der Waals surface area contributed by atoms with Gasteiger partial charge in [-0.2, -0.15) is 0 Å². The topological polar surface area (TPSA) is 81.7 Å². The van der Waals surface area contributed by atoms with E-state index in [4.69, 9.17) is 5.11 Å². The van der Waals surface area contributed by atoms with Gasteiger partial charge < -0.3 is 20.6 Å². The third kappa shape index (κ3) is 5.92. The standard InChI is InChI=1S/C13H25N3O3/c1-2-14-7-5-8-15-13(19)16-9-4-3-6-11(16)10-12(17)18/h11,14H,2-10H2,1H3,(H,15,19)(H,17,18). The van der Waals surface area contributed by atoms with Gasteiger partial charge >= 0.3 is 12.0 Å². The highest BCUT2D eigenvalue weighted by Gasteiger charge is 2.28. The van der Waals surface area contributed by atoms with E-state index in [-0.39, 0.29) is 18.5 Å². The molecular formula is C13H25N3O3. The highest BCUT2D eigenvalue weighted by Crippen LogP contribution is 2.19. The molecule has 1 aliphatic rings. The molecule has 0 bridgehead atoms. The molecule has 0 aromatic heterocycles. The summed E-state index contributed by atoms with van der Waals surface area (Å²) in [5.74, 6) is -0.836. The fraction of sp³-hybridized carbons (Fsp3) is 0.846. The monoisotopic (exact) mass is 271 g/mol. The fourth-order valence-electron chi connectivity index (χ4n) is 2.37. The number of carbonyl (C=O) groups excluding carboxylic acids is 1. The van der Waals surface area contributed by atoms with E-state index in [1.165, 1.54) is 0 Å². The smallest absolute Gasteiger partial charge is 0.317 e. The summed E-state index contributed by atoms with van der Waals surface area (Å²) in [5.41, 5.74) is 0. The van der Waals surface area contributed by atoms with Crippen molar-refractivity contribution >= 4 is 12.0 Å². The second kappa shape index (κ2) is 8.74. The highest BCUT2D eigenvalue weighted by atomic mass is 16.4. The molecule has 0 aromatic carbocycles. The van der Waals surface area contributed by atoms with Crippen LogP contribution in [0.1, 0.15) is 39.0 Å². The zero-order valence-electron chi connectivity index (χ0n) is 11.7. The van der Waals surface area contributed by atoms with Crippen LogP contribution in [0, 0.1) is 0 Å². The molecule has 1 rings (SSSR count). The van der Waals surface area contributed by atoms with Crippen LogP contribution in [-0.2, 0) is 4.79 Å². The van der Waals surface area contributed by atoms with Crippen molar-refractivity contribution in [1.29, 1.82) is 0 Å². The Morgan fingerprint density at radius 1 is 1.32 bits per heavy atom. The summed E-state index contributed by atoms with van der Waals surface area (Å²) in [6.45, 7) is 5.15. The van der Waals surface area contributed by atoms with Gasteiger partial charge in [-0.1, -0.05) is 6.92 Å². The summed E-state index contributed by atoms with van der Waals surface area (Å²) in [6.07, 6.45) is 3.68. The molecule has 3 N–H and O–H groups in total. The first kappa shape index (κ1) is 15.8. The van der Waals surface area contributed by atoms with E-state index in [0.29, 0.717) is 13.1 Å². The Labute approximate surface area is 114 Å². The first-order chi connectivity index (χ1) is 9.15. The number of piperidine rings is 1. The molecule has 1 atom stereocenters. The van der Waals surface area contributed by atoms with Crippen LogP contribution < -0.4 is 10.6 Å². The fourth-order valence-corrected chi connectivity index (χ4v) is 2.37. The van der Waals surface area contributed by atoms with Crippen LogP contribution >= 0.6 is 0 Å². The van der Waals surface area contributed by atoms with Gasteiger partial charge in [0, 0.05) is 19.1 Å². The molecule has 1 saturated heterocycles. The number of carbonyl (C=O) groups is 2. The van der Waals surface area contributed by atoms with Crippen LogP contribution in [0.4, 0.5) is 4.79 Å². The molecule has 0 saturated carbocycles. The number of nitrogens with one attached hydrogen (secondary N) is 2. The maximum absolute atomic E-state index is 12.0. The zero-order chi connectivity index (χ0) is 14.1. The molecule has 0 aliphatic carbocycles. The van der Waals surface area contributed by atoms with Gasteiger partial charge in [-0.3, -0.25) is 4.79 Å². The van der Waals surface area contributed by atoms with E-state index >= 15 is 0 Å². The number of carboxylic acids is 1. The minimum Gasteiger partial charge on any atom is -0.481 e. The van der Waals surface area contributed by atoms with Gasteiger partial charge in [-0.15, -0.1) is 0 Å². The molecule has 6 nitrogen and oxygen atoms in total. The molecule has 19 heavy (non-hydrogen) atoms. The Morgan fingerprint density at radius 3 is 2.79 bits per heavy atom. The predicted octanol–water partition coefficient (Wildman–Crippen LogP) is 1.02. The quantitative estimate of drug-likeness (QED) is 0.604. The van der Waals surface area contributed by atoms with Crippen molar-refractivity contribution in [2.45, 2.75) is 45.1 Å². The number of amides is 2. The number of rotatable bonds is 7. The van der Waals surface area contributed by atoms with Crippen molar-refractivity contribution in [2.24, 2.45) is 0 Å². The maximum atomic E-state index is 12.0. The van der Waals surface area contributed by atoms with E-state index in [1.54, 1.807) is 4.90 Å². The minimum absolute atomic E-state index is 0.0464. The third-order valence-corrected chi connectivity index (χ3v) is 3.35. The number of aliphatic carboxylic acids is 1. The lowest BCUT2D eigenvalue weighted by Gasteiger charge is -2.34. The largest absolute Gasteiger partial charge is 0.481 e. The molecule has 0 spiro atoms. The molecule has 110 valence electrons. The van der Waals surface area contributed by atoms with Gasteiger partial charge in [0.05, 0.1) is 6.42 Å². The summed E-state index contributed by atoms with van der Waals surface area (Å²) in [4.78, 5) is 24.5. The van der Waals surface area contributed by atoms with Gasteiger partial charge in [-0.05, 0) is 38.8 Å². The zero-order valence-corrected chi connectivity index (χ0v) is 11.7. The number of hydrogen-bond donors (Lipinski definition) is 3. The summed E-state index contributed by atoms with van der Waals surface area (Å²) in [5, 5.41) is 14.9. The molecule has 1 unspecified atom stereocenters. The number of nitrogens with zero attached hydrogens (tertiary/aromatic N) is 1. The Hall–Kier alpha value is -1.30. The maximum Gasteiger partial charge on any atom is 0.317 e. The minimum atomic E-state index is -0.836. The normalized spacial score (nSPS) is 19.2. The van der Waals surface area contributed by atoms with Crippen molar-refractivity contribution in [3.63, 3.8) is 0 Å². The van der Waals surface area contributed by atoms with E-state index < -0.39 is 5.97 Å². The van der Waals surface area contributed by atoms with E-state index in [0.717, 1.165) is 38.8 Å². The van der Waals surface area contributed by atoms with Gasteiger partial charge in [-0.25, -0.2) is 4.79 Å². The third-order valence-electron chi connectivity index (χ3n) is 3.35. The van der Waals surface area contributed by atoms with E-state index in [1.807, 2.05) is 6.92 Å². The summed E-state index contributed by atoms with van der Waals surface area (Å²) >= 11 is 0. The van der Waals surface area contributed by atoms with Gasteiger partial charge in [0.15, 0.2) is 0 Å². The molecular weight excluding hydrogens is 246 g/mol. The molecule has 0 radical (unpaired) electrons. The van der Waals surface area contributed by atoms with Crippen LogP contribution in [0.5, 0.6) is 0 Å². The summed E-state index contributed by atoms with van der Waals surface area (Å²) in [6, 6.07) is -0.275. The Kier molecular flexibility index (Phi) is 7.25. The lowest BCUT2D eigenvalue weighted by atomic mass is 10.00. The summed E-state index contributed by atoms with van der Waals surface area (Å²) < 4.78 is 0. The molecule has 1 heterocycles. The second-order valence-corrected chi connectivity index (χ2v) is 4.88. The predicted molar refractivity (Wildman–Crippen MR) is 73.2 cm³/mol. The average Bonchev–Trinajstić information content (AvgIpc) is 2.38. The van der Waals surface area contributed by atoms with Gasteiger partial charge in [0.1, 0.15) is 0 Å². The molecule has 2 amide bonds. The van der Waals surface area contributed by atoms with Crippen molar-refractivity contribution in [1.82, 2.24) is 15.5 Å². The Balaban J connectivity index is 2.32. The molecule has 1 aliphatic heterocycles. The molecule has 1 fully saturated rings. The van der Waals surface area contributed by atoms with Crippen LogP contribution in [-0.4, -0.2) is 54.2 Å². The Bertz CT molecular complexity index is 297. The van der Waals surface area contributed by atoms with Crippen LogP contribution in [0.2, 0.25) is 0 Å². The van der Waals surface area contributed by atoms with Gasteiger partial charge in [0.25, 0.3) is 0 Å². The van der Waals surface area contributed by atoms with Crippen LogP contribution in [0.3, 0.4) is 0 Å². The SMILES string of the molecule is CCNCCCNC(=O)N1CCCCC1CC(=O)O. The number of urea groups is 1. The average molecular weight is 271 g/mol. The van der Waals surface area contributed by atoms with E-state index in [9.17, 15) is 9.59 Å². The summed E-state index contributed by atoms with van der Waals surface area (Å²) in [7, 11) is 0. The van der Waals surface area contributed by atoms with Crippen LogP contribution in [0.15, 0.2) is 0 Å². The van der Waals surface area contributed by atoms with Crippen molar-refractivity contribution < 1.29 is 14.7 Å². The second-order valence-electron chi connectivity index (χ2n) is 4.88. The number of likely N-dealkylation sites (tertiary alicyclic amines) is 1. The number of hydrogen-bond acceptors (Lipinski definition) is 3. The highest BCUT2D eigenvalue weighted by molar-refractivity contribution is 5.76. The van der Waals surface area contributed by atoms with Crippen LogP contribution in [0.25, 0.3) is 0 Å². The van der Waals surface area contributed by atoms with Crippen molar-refractivity contribution in [3.05, 3.63) is 0 Å². The molecule has 0 aromatic rings. The molecule has 6 heteroatoms. The van der Waals surface area contributed by atoms with E-state index in [2.05, 4.69) is 10.6 Å². The lowest BCUT2D eigenvalue weighted by Crippen LogP contribution is -2.49. The lowest BCUT2D eigenvalue weighted by molar-refractivity contribution is -0.138. The first-order valence-electron chi connectivity index (χ1n) is 7.12. The first-order valence-corrected chi connectivity index (χ1v) is 7.12.